The molecular weight excluding hydrogens is 332 g/mol. The molecule has 1 aromatic rings. The van der Waals surface area contributed by atoms with Gasteiger partial charge in [-0.05, 0) is 38.7 Å². The highest BCUT2D eigenvalue weighted by Gasteiger charge is 2.35. The fourth-order valence-corrected chi connectivity index (χ4v) is 2.96. The van der Waals surface area contributed by atoms with Crippen molar-refractivity contribution >= 4 is 29.6 Å². The summed E-state index contributed by atoms with van der Waals surface area (Å²) in [5, 5.41) is 16.4. The third-order valence-electron chi connectivity index (χ3n) is 3.98. The Balaban J connectivity index is 1.86. The molecule has 0 spiro atoms. The summed E-state index contributed by atoms with van der Waals surface area (Å²) in [6.45, 7) is 1.35. The van der Waals surface area contributed by atoms with Crippen LogP contribution in [0.1, 0.15) is 36.9 Å². The van der Waals surface area contributed by atoms with Gasteiger partial charge in [0.1, 0.15) is 10.7 Å². The zero-order valence-electron chi connectivity index (χ0n) is 13.6. The summed E-state index contributed by atoms with van der Waals surface area (Å²) >= 11 is 6.05. The third kappa shape index (κ3) is 4.15. The van der Waals surface area contributed by atoms with Gasteiger partial charge in [0.25, 0.3) is 5.91 Å². The molecule has 0 unspecified atom stereocenters. The summed E-state index contributed by atoms with van der Waals surface area (Å²) in [6, 6.07) is 2.15. The van der Waals surface area contributed by atoms with Gasteiger partial charge in [-0.15, -0.1) is 0 Å². The number of hydrogen-bond donors (Lipinski definition) is 1. The average Bonchev–Trinajstić information content (AvgIpc) is 3.10. The second-order valence-electron chi connectivity index (χ2n) is 5.80. The predicted molar refractivity (Wildman–Crippen MR) is 87.9 cm³/mol. The number of nitrogens with one attached hydrogen (secondary N) is 1. The zero-order chi connectivity index (χ0) is 17.7. The van der Waals surface area contributed by atoms with E-state index in [1.165, 1.54) is 16.8 Å². The third-order valence-corrected chi connectivity index (χ3v) is 4.43. The van der Waals surface area contributed by atoms with Crippen molar-refractivity contribution in [2.45, 2.75) is 38.1 Å². The van der Waals surface area contributed by atoms with Crippen molar-refractivity contribution < 1.29 is 14.3 Å². The van der Waals surface area contributed by atoms with Crippen molar-refractivity contribution in [1.82, 2.24) is 15.1 Å². The molecule has 1 fully saturated rings. The summed E-state index contributed by atoms with van der Waals surface area (Å²) in [5.74, 6) is -1.14. The van der Waals surface area contributed by atoms with Crippen LogP contribution >= 0.6 is 11.6 Å². The lowest BCUT2D eigenvalue weighted by Crippen LogP contribution is -2.46. The second kappa shape index (κ2) is 7.49. The number of ether oxygens (including phenoxy) is 1. The van der Waals surface area contributed by atoms with Crippen LogP contribution in [-0.4, -0.2) is 33.8 Å². The minimum atomic E-state index is -0.820. The number of esters is 1. The number of nitriles is 1. The van der Waals surface area contributed by atoms with E-state index in [1.54, 1.807) is 14.0 Å². The Kier molecular flexibility index (Phi) is 5.62. The van der Waals surface area contributed by atoms with E-state index >= 15 is 0 Å². The van der Waals surface area contributed by atoms with Crippen molar-refractivity contribution in [2.24, 2.45) is 7.05 Å². The fraction of sp³-hybridized carbons (Fsp3) is 0.500. The van der Waals surface area contributed by atoms with Gasteiger partial charge < -0.3 is 10.1 Å². The van der Waals surface area contributed by atoms with Crippen LogP contribution in [0.3, 0.4) is 0 Å². The van der Waals surface area contributed by atoms with Gasteiger partial charge in [-0.1, -0.05) is 11.6 Å². The fourth-order valence-electron chi connectivity index (χ4n) is 2.72. The summed E-state index contributed by atoms with van der Waals surface area (Å²) in [6.07, 6.45) is 5.75. The van der Waals surface area contributed by atoms with Crippen molar-refractivity contribution in [3.05, 3.63) is 22.5 Å². The molecule has 0 aromatic carbocycles. The van der Waals surface area contributed by atoms with E-state index in [4.69, 9.17) is 16.3 Å². The average molecular weight is 351 g/mol. The van der Waals surface area contributed by atoms with Gasteiger partial charge in [0.2, 0.25) is 0 Å². The smallest absolute Gasteiger partial charge is 0.331 e. The van der Waals surface area contributed by atoms with Crippen molar-refractivity contribution in [3.8, 4) is 6.07 Å². The normalized spacial score (nSPS) is 16.1. The van der Waals surface area contributed by atoms with Gasteiger partial charge in [-0.2, -0.15) is 10.4 Å². The Morgan fingerprint density at radius 3 is 2.71 bits per heavy atom. The van der Waals surface area contributed by atoms with E-state index in [0.29, 0.717) is 29.3 Å². The largest absolute Gasteiger partial charge is 0.452 e. The van der Waals surface area contributed by atoms with Crippen molar-refractivity contribution in [3.63, 3.8) is 0 Å². The molecule has 0 bridgehead atoms. The van der Waals surface area contributed by atoms with Gasteiger partial charge in [0.15, 0.2) is 6.61 Å². The SMILES string of the molecule is Cc1nn(C)c(Cl)c1/C=C/C(=O)OCC(=O)NC1(C#N)CCCC1. The highest BCUT2D eigenvalue weighted by atomic mass is 35.5. The number of carbonyl (C=O) groups is 2. The van der Waals surface area contributed by atoms with Crippen LogP contribution in [0.5, 0.6) is 0 Å². The minimum absolute atomic E-state index is 0.409. The molecule has 0 saturated heterocycles. The number of nitrogens with zero attached hydrogens (tertiary/aromatic N) is 3. The Morgan fingerprint density at radius 2 is 2.17 bits per heavy atom. The van der Waals surface area contributed by atoms with Crippen molar-refractivity contribution in [2.75, 3.05) is 6.61 Å². The van der Waals surface area contributed by atoms with E-state index in [2.05, 4.69) is 16.5 Å². The first-order valence-electron chi connectivity index (χ1n) is 7.63. The molecule has 2 rings (SSSR count). The first kappa shape index (κ1) is 18.0. The summed E-state index contributed by atoms with van der Waals surface area (Å²) in [4.78, 5) is 23.6. The van der Waals surface area contributed by atoms with Crippen LogP contribution in [0, 0.1) is 18.3 Å². The molecule has 0 atom stereocenters. The van der Waals surface area contributed by atoms with E-state index in [0.717, 1.165) is 12.8 Å². The second-order valence-corrected chi connectivity index (χ2v) is 6.16. The molecule has 7 nitrogen and oxygen atoms in total. The van der Waals surface area contributed by atoms with Crippen LogP contribution in [0.4, 0.5) is 0 Å². The summed E-state index contributed by atoms with van der Waals surface area (Å²) in [5.41, 5.74) is 0.482. The van der Waals surface area contributed by atoms with E-state index < -0.39 is 24.0 Å². The minimum Gasteiger partial charge on any atom is -0.452 e. The molecule has 1 aromatic heterocycles. The topological polar surface area (TPSA) is 97.0 Å². The van der Waals surface area contributed by atoms with Crippen LogP contribution in [0.2, 0.25) is 5.15 Å². The number of aryl methyl sites for hydroxylation is 2. The van der Waals surface area contributed by atoms with Crippen molar-refractivity contribution in [1.29, 1.82) is 5.26 Å². The van der Waals surface area contributed by atoms with E-state index in [9.17, 15) is 14.9 Å². The highest BCUT2D eigenvalue weighted by Crippen LogP contribution is 2.28. The predicted octanol–water partition coefficient (Wildman–Crippen LogP) is 1.89. The highest BCUT2D eigenvalue weighted by molar-refractivity contribution is 6.31. The number of carbonyl (C=O) groups excluding carboxylic acids is 2. The monoisotopic (exact) mass is 350 g/mol. The van der Waals surface area contributed by atoms with Gasteiger partial charge in [0.05, 0.1) is 11.8 Å². The molecule has 0 radical (unpaired) electrons. The molecule has 1 heterocycles. The number of halogens is 1. The quantitative estimate of drug-likeness (QED) is 0.646. The molecule has 128 valence electrons. The molecule has 1 N–H and O–H groups in total. The lowest BCUT2D eigenvalue weighted by Gasteiger charge is -2.21. The molecule has 1 aliphatic rings. The van der Waals surface area contributed by atoms with E-state index in [1.807, 2.05) is 0 Å². The van der Waals surface area contributed by atoms with Crippen LogP contribution < -0.4 is 5.32 Å². The molecule has 1 amide bonds. The maximum absolute atomic E-state index is 11.9. The summed E-state index contributed by atoms with van der Waals surface area (Å²) in [7, 11) is 1.70. The Labute approximate surface area is 145 Å². The first-order chi connectivity index (χ1) is 11.4. The Bertz CT molecular complexity index is 712. The number of aromatic nitrogens is 2. The van der Waals surface area contributed by atoms with Gasteiger partial charge >= 0.3 is 5.97 Å². The van der Waals surface area contributed by atoms with Gasteiger partial charge in [0, 0.05) is 18.7 Å². The summed E-state index contributed by atoms with van der Waals surface area (Å²) < 4.78 is 6.39. The van der Waals surface area contributed by atoms with Crippen LogP contribution in [-0.2, 0) is 21.4 Å². The molecule has 1 saturated carbocycles. The molecule has 1 aliphatic carbocycles. The first-order valence-corrected chi connectivity index (χ1v) is 8.01. The van der Waals surface area contributed by atoms with Crippen LogP contribution in [0.25, 0.3) is 6.08 Å². The maximum Gasteiger partial charge on any atom is 0.331 e. The lowest BCUT2D eigenvalue weighted by molar-refractivity contribution is -0.144. The number of amides is 1. The Morgan fingerprint density at radius 1 is 1.50 bits per heavy atom. The number of rotatable bonds is 5. The standard InChI is InChI=1S/C16H19ClN4O3/c1-11-12(15(17)21(2)20-11)5-6-14(23)24-9-13(22)19-16(10-18)7-3-4-8-16/h5-6H,3-4,7-9H2,1-2H3,(H,19,22)/b6-5+. The van der Waals surface area contributed by atoms with Gasteiger partial charge in [-0.3, -0.25) is 9.48 Å². The lowest BCUT2D eigenvalue weighted by atomic mass is 10.00. The Hall–Kier alpha value is -2.33. The van der Waals surface area contributed by atoms with E-state index in [-0.39, 0.29) is 0 Å². The molecular formula is C16H19ClN4O3. The van der Waals surface area contributed by atoms with Gasteiger partial charge in [-0.25, -0.2) is 4.79 Å². The molecule has 0 aliphatic heterocycles. The molecule has 8 heteroatoms. The maximum atomic E-state index is 11.9. The molecule has 24 heavy (non-hydrogen) atoms. The zero-order valence-corrected chi connectivity index (χ0v) is 14.4. The van der Waals surface area contributed by atoms with Crippen LogP contribution in [0.15, 0.2) is 6.08 Å². The number of hydrogen-bond acceptors (Lipinski definition) is 5.